The zero-order chi connectivity index (χ0) is 13.8. The Morgan fingerprint density at radius 1 is 1.50 bits per heavy atom. The molecule has 18 heavy (non-hydrogen) atoms. The fourth-order valence-electron chi connectivity index (χ4n) is 1.83. The summed E-state index contributed by atoms with van der Waals surface area (Å²) in [6, 6.07) is -0.408. The highest BCUT2D eigenvalue weighted by atomic mass is 16.4. The number of piperidine rings is 1. The summed E-state index contributed by atoms with van der Waals surface area (Å²) in [5.74, 6) is -1.31. The molecule has 0 aromatic rings. The van der Waals surface area contributed by atoms with E-state index in [0.717, 1.165) is 19.8 Å². The van der Waals surface area contributed by atoms with Crippen molar-refractivity contribution in [1.82, 2.24) is 10.2 Å². The molecule has 0 spiro atoms. The van der Waals surface area contributed by atoms with Crippen LogP contribution in [0.1, 0.15) is 19.8 Å². The standard InChI is InChI=1S/C11H20N2O5/c1-11(18,9(15)16)7-12-10(17)13-4-2-3-8(5-13)6-14/h8,14,18H,2-7H2,1H3,(H,12,17)(H,15,16). The summed E-state index contributed by atoms with van der Waals surface area (Å²) >= 11 is 0. The van der Waals surface area contributed by atoms with Gasteiger partial charge in [-0.3, -0.25) is 0 Å². The van der Waals surface area contributed by atoms with Gasteiger partial charge in [-0.05, 0) is 25.7 Å². The van der Waals surface area contributed by atoms with Crippen LogP contribution in [0.4, 0.5) is 4.79 Å². The number of aliphatic hydroxyl groups is 2. The Labute approximate surface area is 105 Å². The largest absolute Gasteiger partial charge is 0.479 e. The normalized spacial score (nSPS) is 23.3. The highest BCUT2D eigenvalue weighted by molar-refractivity contribution is 5.79. The molecule has 0 aromatic heterocycles. The number of rotatable bonds is 4. The number of carboxylic acids is 1. The summed E-state index contributed by atoms with van der Waals surface area (Å²) in [6.45, 7) is 1.86. The van der Waals surface area contributed by atoms with E-state index >= 15 is 0 Å². The summed E-state index contributed by atoms with van der Waals surface area (Å²) in [4.78, 5) is 23.9. The lowest BCUT2D eigenvalue weighted by Gasteiger charge is -2.32. The van der Waals surface area contributed by atoms with Gasteiger partial charge in [0.25, 0.3) is 0 Å². The molecule has 104 valence electrons. The van der Waals surface area contributed by atoms with E-state index < -0.39 is 17.6 Å². The molecule has 7 nitrogen and oxygen atoms in total. The molecule has 2 unspecified atom stereocenters. The van der Waals surface area contributed by atoms with Crippen LogP contribution in [0.5, 0.6) is 0 Å². The molecule has 1 saturated heterocycles. The van der Waals surface area contributed by atoms with Gasteiger partial charge in [0, 0.05) is 19.7 Å². The van der Waals surface area contributed by atoms with Gasteiger partial charge in [-0.1, -0.05) is 0 Å². The number of carbonyl (C=O) groups excluding carboxylic acids is 1. The van der Waals surface area contributed by atoms with Crippen molar-refractivity contribution >= 4 is 12.0 Å². The lowest BCUT2D eigenvalue weighted by molar-refractivity contribution is -0.155. The molecule has 1 rings (SSSR count). The van der Waals surface area contributed by atoms with Crippen LogP contribution in [-0.4, -0.2) is 64.1 Å². The first-order chi connectivity index (χ1) is 8.36. The molecule has 7 heteroatoms. The fourth-order valence-corrected chi connectivity index (χ4v) is 1.83. The maximum atomic E-state index is 11.8. The number of nitrogens with one attached hydrogen (secondary N) is 1. The first-order valence-electron chi connectivity index (χ1n) is 5.96. The van der Waals surface area contributed by atoms with Gasteiger partial charge >= 0.3 is 12.0 Å². The third-order valence-corrected chi connectivity index (χ3v) is 3.11. The quantitative estimate of drug-likeness (QED) is 0.531. The van der Waals surface area contributed by atoms with E-state index in [-0.39, 0.29) is 19.1 Å². The summed E-state index contributed by atoms with van der Waals surface area (Å²) in [5.41, 5.74) is -1.97. The van der Waals surface area contributed by atoms with E-state index in [1.54, 1.807) is 0 Å². The minimum Gasteiger partial charge on any atom is -0.479 e. The number of amides is 2. The van der Waals surface area contributed by atoms with Gasteiger partial charge in [-0.2, -0.15) is 0 Å². The molecule has 1 aliphatic rings. The molecule has 4 N–H and O–H groups in total. The second kappa shape index (κ2) is 6.01. The minimum atomic E-state index is -1.97. The monoisotopic (exact) mass is 260 g/mol. The van der Waals surface area contributed by atoms with Crippen molar-refractivity contribution in [3.63, 3.8) is 0 Å². The molecule has 0 aliphatic carbocycles. The number of hydrogen-bond donors (Lipinski definition) is 4. The SMILES string of the molecule is CC(O)(CNC(=O)N1CCCC(CO)C1)C(=O)O. The fraction of sp³-hybridized carbons (Fsp3) is 0.818. The zero-order valence-electron chi connectivity index (χ0n) is 10.4. The Hall–Kier alpha value is -1.34. The number of carbonyl (C=O) groups is 2. The lowest BCUT2D eigenvalue weighted by Crippen LogP contribution is -2.52. The summed E-state index contributed by atoms with van der Waals surface area (Å²) in [6.07, 6.45) is 1.70. The van der Waals surface area contributed by atoms with Crippen LogP contribution in [0.25, 0.3) is 0 Å². The van der Waals surface area contributed by atoms with E-state index in [1.807, 2.05) is 0 Å². The van der Waals surface area contributed by atoms with Crippen LogP contribution in [0.2, 0.25) is 0 Å². The zero-order valence-corrected chi connectivity index (χ0v) is 10.4. The van der Waals surface area contributed by atoms with Gasteiger partial charge in [-0.25, -0.2) is 9.59 Å². The number of aliphatic carboxylic acids is 1. The van der Waals surface area contributed by atoms with E-state index in [9.17, 15) is 14.7 Å². The summed E-state index contributed by atoms with van der Waals surface area (Å²) in [7, 11) is 0. The third kappa shape index (κ3) is 3.85. The first kappa shape index (κ1) is 14.7. The predicted octanol–water partition coefficient (Wildman–Crippen LogP) is -0.764. The van der Waals surface area contributed by atoms with Gasteiger partial charge in [-0.15, -0.1) is 0 Å². The Bertz CT molecular complexity index is 319. The molecule has 0 aromatic carbocycles. The van der Waals surface area contributed by atoms with E-state index in [2.05, 4.69) is 5.32 Å². The molecule has 0 saturated carbocycles. The average Bonchev–Trinajstić information content (AvgIpc) is 2.36. The van der Waals surface area contributed by atoms with Crippen LogP contribution >= 0.6 is 0 Å². The molecule has 2 atom stereocenters. The Morgan fingerprint density at radius 3 is 2.72 bits per heavy atom. The highest BCUT2D eigenvalue weighted by Gasteiger charge is 2.31. The second-order valence-corrected chi connectivity index (χ2v) is 4.87. The highest BCUT2D eigenvalue weighted by Crippen LogP contribution is 2.15. The Morgan fingerprint density at radius 2 is 2.17 bits per heavy atom. The number of hydrogen-bond acceptors (Lipinski definition) is 4. The Kier molecular flexibility index (Phi) is 4.92. The summed E-state index contributed by atoms with van der Waals surface area (Å²) < 4.78 is 0. The van der Waals surface area contributed by atoms with Gasteiger partial charge in [0.1, 0.15) is 0 Å². The van der Waals surface area contributed by atoms with Gasteiger partial charge in [0.15, 0.2) is 5.60 Å². The van der Waals surface area contributed by atoms with E-state index in [4.69, 9.17) is 10.2 Å². The van der Waals surface area contributed by atoms with E-state index in [1.165, 1.54) is 4.90 Å². The van der Waals surface area contributed by atoms with Crippen LogP contribution in [0, 0.1) is 5.92 Å². The first-order valence-corrected chi connectivity index (χ1v) is 5.96. The van der Waals surface area contributed by atoms with Crippen molar-refractivity contribution < 1.29 is 24.9 Å². The molecule has 1 aliphatic heterocycles. The smallest absolute Gasteiger partial charge is 0.337 e. The lowest BCUT2D eigenvalue weighted by atomic mass is 9.99. The van der Waals surface area contributed by atoms with Crippen LogP contribution < -0.4 is 5.32 Å². The van der Waals surface area contributed by atoms with E-state index in [0.29, 0.717) is 13.1 Å². The molecular weight excluding hydrogens is 240 g/mol. The van der Waals surface area contributed by atoms with Gasteiger partial charge < -0.3 is 25.5 Å². The molecule has 0 radical (unpaired) electrons. The maximum absolute atomic E-state index is 11.8. The minimum absolute atomic E-state index is 0.0383. The van der Waals surface area contributed by atoms with Crippen LogP contribution in [0.15, 0.2) is 0 Å². The summed E-state index contributed by atoms with van der Waals surface area (Å²) in [5, 5.41) is 29.6. The van der Waals surface area contributed by atoms with Crippen LogP contribution in [-0.2, 0) is 4.79 Å². The van der Waals surface area contributed by atoms with Crippen molar-refractivity contribution in [2.75, 3.05) is 26.2 Å². The number of nitrogens with zero attached hydrogens (tertiary/aromatic N) is 1. The molecular formula is C11H20N2O5. The third-order valence-electron chi connectivity index (χ3n) is 3.11. The van der Waals surface area contributed by atoms with Crippen molar-refractivity contribution in [1.29, 1.82) is 0 Å². The second-order valence-electron chi connectivity index (χ2n) is 4.87. The number of likely N-dealkylation sites (tertiary alicyclic amines) is 1. The van der Waals surface area contributed by atoms with Crippen LogP contribution in [0.3, 0.4) is 0 Å². The molecule has 1 heterocycles. The van der Waals surface area contributed by atoms with Crippen molar-refractivity contribution in [2.45, 2.75) is 25.4 Å². The topological polar surface area (TPSA) is 110 Å². The predicted molar refractivity (Wildman–Crippen MR) is 63.0 cm³/mol. The van der Waals surface area contributed by atoms with Crippen molar-refractivity contribution in [2.24, 2.45) is 5.92 Å². The average molecular weight is 260 g/mol. The maximum Gasteiger partial charge on any atom is 0.337 e. The Balaban J connectivity index is 2.43. The molecule has 2 amide bonds. The number of carboxylic acid groups (broad SMARTS) is 1. The van der Waals surface area contributed by atoms with Crippen molar-refractivity contribution in [3.05, 3.63) is 0 Å². The number of aliphatic hydroxyl groups excluding tert-OH is 1. The number of urea groups is 1. The van der Waals surface area contributed by atoms with Gasteiger partial charge in [0.05, 0.1) is 6.54 Å². The van der Waals surface area contributed by atoms with Gasteiger partial charge in [0.2, 0.25) is 0 Å². The molecule has 0 bridgehead atoms. The van der Waals surface area contributed by atoms with Crippen molar-refractivity contribution in [3.8, 4) is 0 Å². The molecule has 1 fully saturated rings.